The summed E-state index contributed by atoms with van der Waals surface area (Å²) < 4.78 is 27.0. The summed E-state index contributed by atoms with van der Waals surface area (Å²) in [7, 11) is 0. The minimum Gasteiger partial charge on any atom is -0.368 e. The van der Waals surface area contributed by atoms with E-state index in [1.807, 2.05) is 11.8 Å². The Kier molecular flexibility index (Phi) is 4.22. The Morgan fingerprint density at radius 3 is 2.89 bits per heavy atom. The highest BCUT2D eigenvalue weighted by molar-refractivity contribution is 7.99. The molecule has 0 unspecified atom stereocenters. The fraction of sp³-hybridized carbons (Fsp3) is 0.462. The van der Waals surface area contributed by atoms with E-state index in [1.54, 1.807) is 6.07 Å². The van der Waals surface area contributed by atoms with Crippen LogP contribution < -0.4 is 4.90 Å². The van der Waals surface area contributed by atoms with Gasteiger partial charge in [0, 0.05) is 23.7 Å². The summed E-state index contributed by atoms with van der Waals surface area (Å²) in [6, 6.07) is 3.10. The lowest BCUT2D eigenvalue weighted by Crippen LogP contribution is -2.20. The highest BCUT2D eigenvalue weighted by Crippen LogP contribution is 2.31. The highest BCUT2D eigenvalue weighted by atomic mass is 32.2. The third kappa shape index (κ3) is 2.66. The maximum atomic E-state index is 13.8. The van der Waals surface area contributed by atoms with Gasteiger partial charge in [0.2, 0.25) is 0 Å². The van der Waals surface area contributed by atoms with Gasteiger partial charge in [-0.1, -0.05) is 6.92 Å². The molecule has 1 aliphatic rings. The number of hydrogen-bond acceptors (Lipinski definition) is 3. The standard InChI is InChI=1S/C13H15F2NOS/c1-2-18-13-6-10(5-12(15)11(13)8-17)16-4-3-9(14)7-16/h5-6,8-9H,2-4,7H2,1H3/t9-/m1/s1. The van der Waals surface area contributed by atoms with E-state index in [0.29, 0.717) is 36.4 Å². The van der Waals surface area contributed by atoms with Crippen LogP contribution >= 0.6 is 11.8 Å². The molecule has 1 saturated heterocycles. The first-order chi connectivity index (χ1) is 8.65. The minimum absolute atomic E-state index is 0.0987. The van der Waals surface area contributed by atoms with Gasteiger partial charge < -0.3 is 4.90 Å². The zero-order valence-corrected chi connectivity index (χ0v) is 11.0. The first kappa shape index (κ1) is 13.3. The molecule has 0 spiro atoms. The number of nitrogens with zero attached hydrogens (tertiary/aromatic N) is 1. The summed E-state index contributed by atoms with van der Waals surface area (Å²) in [5.74, 6) is 0.232. The lowest BCUT2D eigenvalue weighted by molar-refractivity contribution is 0.111. The minimum atomic E-state index is -0.846. The molecule has 1 heterocycles. The van der Waals surface area contributed by atoms with Crippen molar-refractivity contribution in [3.8, 4) is 0 Å². The number of aldehydes is 1. The molecule has 0 amide bonds. The molecule has 5 heteroatoms. The fourth-order valence-electron chi connectivity index (χ4n) is 2.10. The molecule has 1 aromatic rings. The molecule has 0 radical (unpaired) electrons. The molecule has 0 bridgehead atoms. The van der Waals surface area contributed by atoms with Gasteiger partial charge in [0.15, 0.2) is 6.29 Å². The normalized spacial score (nSPS) is 19.3. The van der Waals surface area contributed by atoms with Crippen LogP contribution in [0, 0.1) is 5.82 Å². The number of carbonyl (C=O) groups excluding carboxylic acids is 1. The molecule has 2 nitrogen and oxygen atoms in total. The molecule has 1 atom stereocenters. The lowest BCUT2D eigenvalue weighted by atomic mass is 10.2. The van der Waals surface area contributed by atoms with Crippen LogP contribution in [0.5, 0.6) is 0 Å². The topological polar surface area (TPSA) is 20.3 Å². The van der Waals surface area contributed by atoms with Gasteiger partial charge in [-0.2, -0.15) is 0 Å². The molecule has 18 heavy (non-hydrogen) atoms. The maximum absolute atomic E-state index is 13.8. The number of alkyl halides is 1. The van der Waals surface area contributed by atoms with E-state index < -0.39 is 12.0 Å². The Morgan fingerprint density at radius 1 is 1.56 bits per heavy atom. The SMILES string of the molecule is CCSc1cc(N2CC[C@@H](F)C2)cc(F)c1C=O. The molecular formula is C13H15F2NOS. The van der Waals surface area contributed by atoms with Crippen molar-refractivity contribution in [1.82, 2.24) is 0 Å². The zero-order valence-electron chi connectivity index (χ0n) is 10.2. The Morgan fingerprint density at radius 2 is 2.33 bits per heavy atom. The molecule has 0 aliphatic carbocycles. The molecule has 98 valence electrons. The first-order valence-corrected chi connectivity index (χ1v) is 6.94. The van der Waals surface area contributed by atoms with Crippen molar-refractivity contribution in [3.05, 3.63) is 23.5 Å². The van der Waals surface area contributed by atoms with E-state index in [4.69, 9.17) is 0 Å². The smallest absolute Gasteiger partial charge is 0.154 e. The number of hydrogen-bond donors (Lipinski definition) is 0. The number of benzene rings is 1. The molecule has 2 rings (SSSR count). The van der Waals surface area contributed by atoms with Crippen LogP contribution in [0.2, 0.25) is 0 Å². The second kappa shape index (κ2) is 5.69. The predicted octanol–water partition coefficient (Wildman–Crippen LogP) is 3.30. The number of halogens is 2. The van der Waals surface area contributed by atoms with E-state index in [1.165, 1.54) is 17.8 Å². The Bertz CT molecular complexity index is 453. The molecule has 0 aromatic heterocycles. The summed E-state index contributed by atoms with van der Waals surface area (Å²) in [6.45, 7) is 2.84. The van der Waals surface area contributed by atoms with E-state index in [-0.39, 0.29) is 5.56 Å². The fourth-order valence-corrected chi connectivity index (χ4v) is 2.92. The largest absolute Gasteiger partial charge is 0.368 e. The van der Waals surface area contributed by atoms with E-state index in [2.05, 4.69) is 0 Å². The van der Waals surface area contributed by atoms with Crippen molar-refractivity contribution in [1.29, 1.82) is 0 Å². The zero-order chi connectivity index (χ0) is 13.1. The van der Waals surface area contributed by atoms with Crippen molar-refractivity contribution < 1.29 is 13.6 Å². The van der Waals surface area contributed by atoms with Crippen molar-refractivity contribution in [2.45, 2.75) is 24.4 Å². The lowest BCUT2D eigenvalue weighted by Gasteiger charge is -2.19. The molecule has 1 aromatic carbocycles. The van der Waals surface area contributed by atoms with Gasteiger partial charge in [-0.15, -0.1) is 11.8 Å². The van der Waals surface area contributed by atoms with E-state index in [0.717, 1.165) is 5.75 Å². The van der Waals surface area contributed by atoms with E-state index in [9.17, 15) is 13.6 Å². The van der Waals surface area contributed by atoms with Crippen LogP contribution in [0.15, 0.2) is 17.0 Å². The molecule has 1 fully saturated rings. The van der Waals surface area contributed by atoms with Gasteiger partial charge in [0.1, 0.15) is 12.0 Å². The van der Waals surface area contributed by atoms with Crippen LogP contribution in [0.3, 0.4) is 0 Å². The van der Waals surface area contributed by atoms with Gasteiger partial charge in [-0.25, -0.2) is 8.78 Å². The van der Waals surface area contributed by atoms with E-state index >= 15 is 0 Å². The monoisotopic (exact) mass is 271 g/mol. The van der Waals surface area contributed by atoms with Crippen LogP contribution in [-0.4, -0.2) is 31.3 Å². The average Bonchev–Trinajstić information content (AvgIpc) is 2.76. The quantitative estimate of drug-likeness (QED) is 0.619. The third-order valence-corrected chi connectivity index (χ3v) is 3.93. The first-order valence-electron chi connectivity index (χ1n) is 5.96. The Hall–Kier alpha value is -1.10. The van der Waals surface area contributed by atoms with Gasteiger partial charge in [0.25, 0.3) is 0 Å². The number of carbonyl (C=O) groups is 1. The maximum Gasteiger partial charge on any atom is 0.154 e. The summed E-state index contributed by atoms with van der Waals surface area (Å²) in [4.78, 5) is 13.3. The van der Waals surface area contributed by atoms with Crippen molar-refractivity contribution in [2.75, 3.05) is 23.7 Å². The second-order valence-electron chi connectivity index (χ2n) is 4.22. The number of rotatable bonds is 4. The average molecular weight is 271 g/mol. The third-order valence-electron chi connectivity index (χ3n) is 2.99. The number of anilines is 1. The van der Waals surface area contributed by atoms with Crippen LogP contribution in [0.4, 0.5) is 14.5 Å². The summed E-state index contributed by atoms with van der Waals surface area (Å²) in [5.41, 5.74) is 0.760. The molecular weight excluding hydrogens is 256 g/mol. The van der Waals surface area contributed by atoms with Crippen LogP contribution in [-0.2, 0) is 0 Å². The van der Waals surface area contributed by atoms with Gasteiger partial charge in [0.05, 0.1) is 5.56 Å². The van der Waals surface area contributed by atoms with Gasteiger partial charge >= 0.3 is 0 Å². The predicted molar refractivity (Wildman–Crippen MR) is 69.9 cm³/mol. The Balaban J connectivity index is 2.34. The van der Waals surface area contributed by atoms with Gasteiger partial charge in [-0.3, -0.25) is 4.79 Å². The van der Waals surface area contributed by atoms with Crippen LogP contribution in [0.1, 0.15) is 23.7 Å². The van der Waals surface area contributed by atoms with Crippen molar-refractivity contribution >= 4 is 23.7 Å². The van der Waals surface area contributed by atoms with Gasteiger partial charge in [-0.05, 0) is 24.3 Å². The number of thioether (sulfide) groups is 1. The molecule has 0 saturated carbocycles. The second-order valence-corrected chi connectivity index (χ2v) is 5.53. The highest BCUT2D eigenvalue weighted by Gasteiger charge is 2.23. The summed E-state index contributed by atoms with van der Waals surface area (Å²) >= 11 is 1.42. The van der Waals surface area contributed by atoms with Crippen molar-refractivity contribution in [2.24, 2.45) is 0 Å². The van der Waals surface area contributed by atoms with Crippen LogP contribution in [0.25, 0.3) is 0 Å². The summed E-state index contributed by atoms with van der Waals surface area (Å²) in [5, 5.41) is 0. The Labute approximate surface area is 109 Å². The van der Waals surface area contributed by atoms with Crippen molar-refractivity contribution in [3.63, 3.8) is 0 Å². The molecule has 1 aliphatic heterocycles. The molecule has 0 N–H and O–H groups in total. The summed E-state index contributed by atoms with van der Waals surface area (Å²) in [6.07, 6.45) is 0.174.